The minimum atomic E-state index is -0.456. The molecule has 4 bridgehead atoms. The summed E-state index contributed by atoms with van der Waals surface area (Å²) in [6.07, 6.45) is 5.36. The predicted molar refractivity (Wildman–Crippen MR) is 111 cm³/mol. The smallest absolute Gasteiger partial charge is 0.224 e. The summed E-state index contributed by atoms with van der Waals surface area (Å²) in [6.45, 7) is 0.520. The van der Waals surface area contributed by atoms with Gasteiger partial charge in [0, 0.05) is 6.04 Å². The molecule has 0 spiro atoms. The Labute approximate surface area is 172 Å². The fourth-order valence-electron chi connectivity index (χ4n) is 6.13. The van der Waals surface area contributed by atoms with E-state index < -0.39 is 5.60 Å². The fourth-order valence-corrected chi connectivity index (χ4v) is 6.13. The summed E-state index contributed by atoms with van der Waals surface area (Å²) in [5.41, 5.74) is 1.64. The SMILES string of the molecule is O=C(Cc1cccc(OCc2ccccc2)c1)NC1[C@@H]2CC3C[C@H]1CC(O)(C3)C2. The van der Waals surface area contributed by atoms with Gasteiger partial charge in [0.15, 0.2) is 0 Å². The molecule has 4 saturated carbocycles. The second kappa shape index (κ2) is 7.49. The van der Waals surface area contributed by atoms with Gasteiger partial charge in [-0.1, -0.05) is 42.5 Å². The maximum absolute atomic E-state index is 12.8. The average molecular weight is 392 g/mol. The number of hydrogen-bond donors (Lipinski definition) is 2. The van der Waals surface area contributed by atoms with Crippen LogP contribution in [0.4, 0.5) is 0 Å². The summed E-state index contributed by atoms with van der Waals surface area (Å²) >= 11 is 0. The van der Waals surface area contributed by atoms with Crippen LogP contribution in [0, 0.1) is 17.8 Å². The van der Waals surface area contributed by atoms with Crippen molar-refractivity contribution >= 4 is 5.91 Å². The lowest BCUT2D eigenvalue weighted by atomic mass is 9.52. The standard InChI is InChI=1S/C25H29NO3/c27-23(26-24-20-9-19-10-21(24)15-25(28,13-19)14-20)12-18-7-4-8-22(11-18)29-16-17-5-2-1-3-6-17/h1-8,11,19-21,24,28H,9-10,12-16H2,(H,26,27)/t19?,20-,21+,24?,25?. The van der Waals surface area contributed by atoms with Gasteiger partial charge in [-0.2, -0.15) is 0 Å². The van der Waals surface area contributed by atoms with Crippen molar-refractivity contribution in [3.05, 3.63) is 65.7 Å². The number of carbonyl (C=O) groups is 1. The molecule has 0 aromatic heterocycles. The minimum Gasteiger partial charge on any atom is -0.489 e. The van der Waals surface area contributed by atoms with Gasteiger partial charge < -0.3 is 15.2 Å². The quantitative estimate of drug-likeness (QED) is 0.786. The van der Waals surface area contributed by atoms with E-state index in [9.17, 15) is 9.90 Å². The van der Waals surface area contributed by atoms with Crippen molar-refractivity contribution in [3.63, 3.8) is 0 Å². The van der Waals surface area contributed by atoms with Crippen molar-refractivity contribution < 1.29 is 14.6 Å². The number of carbonyl (C=O) groups excluding carboxylic acids is 1. The molecule has 5 atom stereocenters. The summed E-state index contributed by atoms with van der Waals surface area (Å²) in [5.74, 6) is 2.40. The Morgan fingerprint density at radius 3 is 2.45 bits per heavy atom. The van der Waals surface area contributed by atoms with Crippen LogP contribution in [0.3, 0.4) is 0 Å². The Morgan fingerprint density at radius 1 is 1.00 bits per heavy atom. The van der Waals surface area contributed by atoms with E-state index in [1.165, 1.54) is 0 Å². The molecule has 4 nitrogen and oxygen atoms in total. The van der Waals surface area contributed by atoms with Crippen LogP contribution in [0.15, 0.2) is 54.6 Å². The molecule has 2 aromatic rings. The van der Waals surface area contributed by atoms with Crippen LogP contribution >= 0.6 is 0 Å². The zero-order valence-corrected chi connectivity index (χ0v) is 16.7. The van der Waals surface area contributed by atoms with Gasteiger partial charge in [-0.15, -0.1) is 0 Å². The number of amides is 1. The third-order valence-corrected chi connectivity index (χ3v) is 7.08. The van der Waals surface area contributed by atoms with Crippen LogP contribution in [0.1, 0.15) is 43.2 Å². The number of ether oxygens (including phenoxy) is 1. The maximum atomic E-state index is 12.8. The molecule has 4 heteroatoms. The molecule has 1 amide bonds. The second-order valence-electron chi connectivity index (χ2n) is 9.39. The minimum absolute atomic E-state index is 0.0784. The number of aliphatic hydroxyl groups is 1. The largest absolute Gasteiger partial charge is 0.489 e. The topological polar surface area (TPSA) is 58.6 Å². The Kier molecular flexibility index (Phi) is 4.83. The van der Waals surface area contributed by atoms with Gasteiger partial charge in [-0.3, -0.25) is 4.79 Å². The van der Waals surface area contributed by atoms with Gasteiger partial charge in [0.2, 0.25) is 5.91 Å². The van der Waals surface area contributed by atoms with Gasteiger partial charge in [0.05, 0.1) is 12.0 Å². The van der Waals surface area contributed by atoms with Crippen molar-refractivity contribution in [2.75, 3.05) is 0 Å². The number of hydrogen-bond acceptors (Lipinski definition) is 3. The van der Waals surface area contributed by atoms with Crippen LogP contribution in [0.2, 0.25) is 0 Å². The summed E-state index contributed by atoms with van der Waals surface area (Å²) in [4.78, 5) is 12.8. The van der Waals surface area contributed by atoms with E-state index in [2.05, 4.69) is 5.32 Å². The molecule has 152 valence electrons. The molecule has 0 saturated heterocycles. The molecule has 0 aliphatic heterocycles. The Bertz CT molecular complexity index is 865. The highest BCUT2D eigenvalue weighted by atomic mass is 16.5. The molecular formula is C25H29NO3. The fraction of sp³-hybridized carbons (Fsp3) is 0.480. The van der Waals surface area contributed by atoms with Gasteiger partial charge in [0.1, 0.15) is 12.4 Å². The second-order valence-corrected chi connectivity index (χ2v) is 9.39. The van der Waals surface area contributed by atoms with E-state index in [1.807, 2.05) is 54.6 Å². The number of benzene rings is 2. The first-order valence-corrected chi connectivity index (χ1v) is 10.8. The molecule has 2 aromatic carbocycles. The van der Waals surface area contributed by atoms with Crippen LogP contribution in [0.5, 0.6) is 5.75 Å². The van der Waals surface area contributed by atoms with E-state index in [1.54, 1.807) is 0 Å². The first-order chi connectivity index (χ1) is 14.1. The highest BCUT2D eigenvalue weighted by Gasteiger charge is 2.54. The van der Waals surface area contributed by atoms with Gasteiger partial charge in [-0.05, 0) is 73.1 Å². The summed E-state index contributed by atoms with van der Waals surface area (Å²) in [5, 5.41) is 14.0. The van der Waals surface area contributed by atoms with E-state index in [0.717, 1.165) is 49.0 Å². The summed E-state index contributed by atoms with van der Waals surface area (Å²) < 4.78 is 5.89. The first kappa shape index (κ1) is 18.7. The number of nitrogens with one attached hydrogen (secondary N) is 1. The van der Waals surface area contributed by atoms with Crippen LogP contribution in [0.25, 0.3) is 0 Å². The molecule has 4 aliphatic carbocycles. The van der Waals surface area contributed by atoms with Crippen molar-refractivity contribution in [2.45, 2.75) is 56.8 Å². The van der Waals surface area contributed by atoms with Crippen molar-refractivity contribution in [1.29, 1.82) is 0 Å². The first-order valence-electron chi connectivity index (χ1n) is 10.8. The molecule has 6 rings (SSSR count). The maximum Gasteiger partial charge on any atom is 0.224 e. The van der Waals surface area contributed by atoms with E-state index in [-0.39, 0.29) is 11.9 Å². The lowest BCUT2D eigenvalue weighted by Gasteiger charge is -2.58. The predicted octanol–water partition coefficient (Wildman–Crippen LogP) is 3.86. The molecule has 0 radical (unpaired) electrons. The Balaban J connectivity index is 1.18. The van der Waals surface area contributed by atoms with Crippen molar-refractivity contribution in [2.24, 2.45) is 17.8 Å². The van der Waals surface area contributed by atoms with Gasteiger partial charge in [0.25, 0.3) is 0 Å². The lowest BCUT2D eigenvalue weighted by molar-refractivity contribution is -0.146. The normalized spacial score (nSPS) is 32.2. The van der Waals surface area contributed by atoms with Crippen LogP contribution < -0.4 is 10.1 Å². The van der Waals surface area contributed by atoms with Gasteiger partial charge in [-0.25, -0.2) is 0 Å². The lowest BCUT2D eigenvalue weighted by Crippen LogP contribution is -2.61. The summed E-state index contributed by atoms with van der Waals surface area (Å²) in [6, 6.07) is 18.1. The zero-order valence-electron chi connectivity index (χ0n) is 16.7. The molecule has 29 heavy (non-hydrogen) atoms. The number of rotatable bonds is 6. The Hall–Kier alpha value is -2.33. The van der Waals surface area contributed by atoms with E-state index in [0.29, 0.717) is 30.8 Å². The average Bonchev–Trinajstić information content (AvgIpc) is 2.69. The molecule has 3 unspecified atom stereocenters. The molecular weight excluding hydrogens is 362 g/mol. The highest BCUT2D eigenvalue weighted by Crippen LogP contribution is 2.55. The van der Waals surface area contributed by atoms with E-state index >= 15 is 0 Å². The molecule has 0 heterocycles. The van der Waals surface area contributed by atoms with E-state index in [4.69, 9.17) is 4.74 Å². The van der Waals surface area contributed by atoms with Crippen LogP contribution in [-0.4, -0.2) is 22.7 Å². The Morgan fingerprint density at radius 2 is 1.72 bits per heavy atom. The van der Waals surface area contributed by atoms with Crippen LogP contribution in [-0.2, 0) is 17.8 Å². The third-order valence-electron chi connectivity index (χ3n) is 7.08. The van der Waals surface area contributed by atoms with Crippen molar-refractivity contribution in [1.82, 2.24) is 5.32 Å². The highest BCUT2D eigenvalue weighted by molar-refractivity contribution is 5.79. The third kappa shape index (κ3) is 4.04. The molecule has 2 N–H and O–H groups in total. The van der Waals surface area contributed by atoms with Crippen molar-refractivity contribution in [3.8, 4) is 5.75 Å². The molecule has 4 aliphatic rings. The van der Waals surface area contributed by atoms with Gasteiger partial charge >= 0.3 is 0 Å². The summed E-state index contributed by atoms with van der Waals surface area (Å²) in [7, 11) is 0. The molecule has 4 fully saturated rings. The zero-order chi connectivity index (χ0) is 19.8. The monoisotopic (exact) mass is 391 g/mol.